The molecule has 1 amide bonds. The van der Waals surface area contributed by atoms with Crippen LogP contribution in [-0.4, -0.2) is 63.1 Å². The van der Waals surface area contributed by atoms with Gasteiger partial charge in [0.15, 0.2) is 5.82 Å². The van der Waals surface area contributed by atoms with Crippen LogP contribution in [0.15, 0.2) is 73.1 Å². The minimum atomic E-state index is -0.336. The van der Waals surface area contributed by atoms with E-state index in [4.69, 9.17) is 4.98 Å². The van der Waals surface area contributed by atoms with E-state index in [0.717, 1.165) is 51.8 Å². The highest BCUT2D eigenvalue weighted by molar-refractivity contribution is 5.98. The summed E-state index contributed by atoms with van der Waals surface area (Å²) in [5, 5.41) is 14.8. The fraction of sp³-hybridized carbons (Fsp3) is 0.212. The first-order valence-electron chi connectivity index (χ1n) is 14.3. The highest BCUT2D eigenvalue weighted by Crippen LogP contribution is 2.34. The summed E-state index contributed by atoms with van der Waals surface area (Å²) in [6.45, 7) is 3.50. The van der Waals surface area contributed by atoms with Crippen LogP contribution in [0.1, 0.15) is 19.8 Å². The average molecular weight is 577 g/mol. The Morgan fingerprint density at radius 2 is 1.79 bits per heavy atom. The van der Waals surface area contributed by atoms with Crippen LogP contribution in [0.5, 0.6) is 0 Å². The molecule has 0 saturated carbocycles. The van der Waals surface area contributed by atoms with Crippen molar-refractivity contribution in [2.45, 2.75) is 19.8 Å². The second-order valence-corrected chi connectivity index (χ2v) is 10.8. The number of imidazole rings is 1. The number of likely N-dealkylation sites (N-methyl/N-ethyl adjacent to an activating group) is 1. The molecular formula is C33H33FN8O. The number of nitrogens with one attached hydrogen (secondary N) is 4. The number of fused-ring (bicyclic) bond motifs is 2. The highest BCUT2D eigenvalue weighted by atomic mass is 19.1. The number of aromatic nitrogens is 5. The maximum absolute atomic E-state index is 14.7. The minimum Gasteiger partial charge on any atom is -0.384 e. The summed E-state index contributed by atoms with van der Waals surface area (Å²) in [6.07, 6.45) is 4.70. The molecule has 0 radical (unpaired) electrons. The van der Waals surface area contributed by atoms with Crippen LogP contribution in [0.4, 0.5) is 15.8 Å². The maximum atomic E-state index is 14.7. The van der Waals surface area contributed by atoms with Gasteiger partial charge in [0.2, 0.25) is 5.91 Å². The summed E-state index contributed by atoms with van der Waals surface area (Å²) in [7, 11) is 3.99. The molecule has 3 heterocycles. The highest BCUT2D eigenvalue weighted by Gasteiger charge is 2.17. The van der Waals surface area contributed by atoms with Gasteiger partial charge in [-0.15, -0.1) is 0 Å². The van der Waals surface area contributed by atoms with Gasteiger partial charge in [-0.25, -0.2) is 9.37 Å². The van der Waals surface area contributed by atoms with E-state index in [-0.39, 0.29) is 11.7 Å². The van der Waals surface area contributed by atoms with Crippen LogP contribution in [0, 0.1) is 5.82 Å². The Labute approximate surface area is 248 Å². The summed E-state index contributed by atoms with van der Waals surface area (Å²) < 4.78 is 14.7. The van der Waals surface area contributed by atoms with Gasteiger partial charge in [0.1, 0.15) is 11.5 Å². The van der Waals surface area contributed by atoms with Crippen LogP contribution in [0.2, 0.25) is 0 Å². The molecule has 0 spiro atoms. The van der Waals surface area contributed by atoms with E-state index in [2.05, 4.69) is 41.8 Å². The number of carbonyl (C=O) groups excluding carboxylic acids is 1. The molecule has 0 aliphatic carbocycles. The molecule has 3 aromatic carbocycles. The number of nitrogens with zero attached hydrogens (tertiary/aromatic N) is 4. The predicted molar refractivity (Wildman–Crippen MR) is 170 cm³/mol. The number of rotatable bonds is 10. The van der Waals surface area contributed by atoms with E-state index in [0.29, 0.717) is 41.3 Å². The molecule has 0 atom stereocenters. The number of anilines is 2. The molecule has 0 aliphatic heterocycles. The van der Waals surface area contributed by atoms with Crippen molar-refractivity contribution in [1.29, 1.82) is 0 Å². The molecule has 0 unspecified atom stereocenters. The van der Waals surface area contributed by atoms with Gasteiger partial charge < -0.3 is 20.5 Å². The summed E-state index contributed by atoms with van der Waals surface area (Å²) in [5.41, 5.74) is 7.74. The third-order valence-corrected chi connectivity index (χ3v) is 7.23. The molecule has 0 saturated heterocycles. The van der Waals surface area contributed by atoms with Gasteiger partial charge in [-0.2, -0.15) is 5.10 Å². The molecule has 9 nitrogen and oxygen atoms in total. The van der Waals surface area contributed by atoms with Crippen molar-refractivity contribution in [3.8, 4) is 33.8 Å². The molecule has 43 heavy (non-hydrogen) atoms. The lowest BCUT2D eigenvalue weighted by atomic mass is 10.0. The van der Waals surface area contributed by atoms with Gasteiger partial charge in [0.25, 0.3) is 0 Å². The molecule has 6 aromatic rings. The van der Waals surface area contributed by atoms with Crippen molar-refractivity contribution in [3.05, 3.63) is 78.9 Å². The molecule has 3 aromatic heterocycles. The van der Waals surface area contributed by atoms with Gasteiger partial charge in [-0.05, 0) is 79.7 Å². The minimum absolute atomic E-state index is 0.000947. The van der Waals surface area contributed by atoms with E-state index >= 15 is 0 Å². The fourth-order valence-electron chi connectivity index (χ4n) is 5.13. The van der Waals surface area contributed by atoms with Crippen molar-refractivity contribution >= 4 is 39.2 Å². The predicted octanol–water partition coefficient (Wildman–Crippen LogP) is 6.69. The molecule has 6 rings (SSSR count). The zero-order chi connectivity index (χ0) is 29.9. The zero-order valence-electron chi connectivity index (χ0n) is 24.3. The Kier molecular flexibility index (Phi) is 7.84. The summed E-state index contributed by atoms with van der Waals surface area (Å²) in [4.78, 5) is 26.9. The quantitative estimate of drug-likeness (QED) is 0.145. The number of hydrogen-bond donors (Lipinski definition) is 4. The SMILES string of the molecule is CCCC(=O)Nc1cccc(-c2ccc3[nH]nc(-c4nc5c(-c6cc(F)cc(NCCN(C)C)c6)cncc5[nH]4)c3c2)c1. The van der Waals surface area contributed by atoms with Crippen LogP contribution in [0.3, 0.4) is 0 Å². The van der Waals surface area contributed by atoms with E-state index in [1.54, 1.807) is 12.4 Å². The molecule has 218 valence electrons. The first kappa shape index (κ1) is 28.0. The molecule has 4 N–H and O–H groups in total. The summed E-state index contributed by atoms with van der Waals surface area (Å²) in [5.74, 6) is 0.243. The smallest absolute Gasteiger partial charge is 0.224 e. The van der Waals surface area contributed by atoms with Crippen LogP contribution in [-0.2, 0) is 4.79 Å². The van der Waals surface area contributed by atoms with E-state index in [1.165, 1.54) is 12.1 Å². The lowest BCUT2D eigenvalue weighted by Gasteiger charge is -2.12. The molecular weight excluding hydrogens is 543 g/mol. The second-order valence-electron chi connectivity index (χ2n) is 10.8. The lowest BCUT2D eigenvalue weighted by molar-refractivity contribution is -0.116. The van der Waals surface area contributed by atoms with Gasteiger partial charge in [0.05, 0.1) is 22.7 Å². The largest absolute Gasteiger partial charge is 0.384 e. The molecule has 0 bridgehead atoms. The van der Waals surface area contributed by atoms with Crippen molar-refractivity contribution in [2.75, 3.05) is 37.8 Å². The van der Waals surface area contributed by atoms with Gasteiger partial charge >= 0.3 is 0 Å². The lowest BCUT2D eigenvalue weighted by Crippen LogP contribution is -2.20. The van der Waals surface area contributed by atoms with Gasteiger partial charge in [-0.1, -0.05) is 25.1 Å². The Bertz CT molecular complexity index is 1930. The number of hydrogen-bond acceptors (Lipinski definition) is 6. The van der Waals surface area contributed by atoms with Gasteiger partial charge in [0, 0.05) is 48.0 Å². The van der Waals surface area contributed by atoms with Crippen molar-refractivity contribution in [3.63, 3.8) is 0 Å². The number of halogens is 1. The Hall–Kier alpha value is -5.09. The topological polar surface area (TPSA) is 115 Å². The van der Waals surface area contributed by atoms with E-state index in [9.17, 15) is 9.18 Å². The Morgan fingerprint density at radius 3 is 2.63 bits per heavy atom. The number of benzene rings is 3. The first-order valence-corrected chi connectivity index (χ1v) is 14.3. The van der Waals surface area contributed by atoms with Crippen LogP contribution >= 0.6 is 0 Å². The normalized spacial score (nSPS) is 11.5. The van der Waals surface area contributed by atoms with Crippen molar-refractivity contribution < 1.29 is 9.18 Å². The number of aromatic amines is 2. The molecule has 0 aliphatic rings. The van der Waals surface area contributed by atoms with Crippen molar-refractivity contribution in [2.24, 2.45) is 0 Å². The van der Waals surface area contributed by atoms with Crippen LogP contribution < -0.4 is 10.6 Å². The number of carbonyl (C=O) groups is 1. The third kappa shape index (κ3) is 6.09. The second kappa shape index (κ2) is 12.0. The standard InChI is InChI=1S/C33H33FN8O/c1-4-6-30(43)37-24-8-5-7-20(14-24)21-9-10-28-26(16-21)32(41-40-28)33-38-29-19-35-18-27(31(29)39-33)22-13-23(34)17-25(15-22)36-11-12-42(2)3/h5,7-10,13-19,36H,4,6,11-12H2,1-3H3,(H,37,43)(H,38,39)(H,40,41). The molecule has 10 heteroatoms. The van der Waals surface area contributed by atoms with Crippen molar-refractivity contribution in [1.82, 2.24) is 30.0 Å². The third-order valence-electron chi connectivity index (χ3n) is 7.23. The maximum Gasteiger partial charge on any atom is 0.224 e. The van der Waals surface area contributed by atoms with E-state index in [1.807, 2.05) is 63.5 Å². The van der Waals surface area contributed by atoms with E-state index < -0.39 is 0 Å². The Balaban J connectivity index is 1.35. The average Bonchev–Trinajstić information content (AvgIpc) is 3.60. The molecule has 0 fully saturated rings. The first-order chi connectivity index (χ1) is 20.9. The monoisotopic (exact) mass is 576 g/mol. The zero-order valence-corrected chi connectivity index (χ0v) is 24.3. The Morgan fingerprint density at radius 1 is 0.953 bits per heavy atom. The summed E-state index contributed by atoms with van der Waals surface area (Å²) in [6, 6.07) is 18.8. The number of amides is 1. The number of H-pyrrole nitrogens is 2. The van der Waals surface area contributed by atoms with Crippen LogP contribution in [0.25, 0.3) is 55.7 Å². The number of pyridine rings is 1. The fourth-order valence-corrected chi connectivity index (χ4v) is 5.13. The summed E-state index contributed by atoms with van der Waals surface area (Å²) >= 11 is 0. The van der Waals surface area contributed by atoms with Gasteiger partial charge in [-0.3, -0.25) is 14.9 Å².